The highest BCUT2D eigenvalue weighted by Gasteiger charge is 2.42. The van der Waals surface area contributed by atoms with Crippen LogP contribution in [0.2, 0.25) is 0 Å². The van der Waals surface area contributed by atoms with E-state index in [0.717, 1.165) is 32.1 Å². The molecular weight excluding hydrogens is 300 g/mol. The zero-order valence-corrected chi connectivity index (χ0v) is 15.4. The van der Waals surface area contributed by atoms with Crippen molar-refractivity contribution in [2.75, 3.05) is 20.6 Å². The van der Waals surface area contributed by atoms with Gasteiger partial charge in [0, 0.05) is 26.2 Å². The van der Waals surface area contributed by atoms with Crippen molar-refractivity contribution in [2.45, 2.75) is 46.0 Å². The number of hydrogen-bond acceptors (Lipinski definition) is 2. The summed E-state index contributed by atoms with van der Waals surface area (Å²) in [7, 11) is 3.58. The second-order valence-electron chi connectivity index (χ2n) is 7.66. The SMILES string of the molecule is CC(C)Cc1ccc(C(=O)NCC2(C(=O)N(C)C)CCCC2)cc1. The number of rotatable bonds is 6. The van der Waals surface area contributed by atoms with Gasteiger partial charge in [-0.05, 0) is 42.9 Å². The molecule has 4 heteroatoms. The third kappa shape index (κ3) is 4.37. The van der Waals surface area contributed by atoms with E-state index >= 15 is 0 Å². The summed E-state index contributed by atoms with van der Waals surface area (Å²) in [4.78, 5) is 26.6. The minimum absolute atomic E-state index is 0.0936. The van der Waals surface area contributed by atoms with Crippen molar-refractivity contribution in [2.24, 2.45) is 11.3 Å². The number of nitrogens with zero attached hydrogens (tertiary/aromatic N) is 1. The lowest BCUT2D eigenvalue weighted by molar-refractivity contribution is -0.138. The van der Waals surface area contributed by atoms with E-state index in [1.165, 1.54) is 5.56 Å². The van der Waals surface area contributed by atoms with Crippen LogP contribution in [-0.2, 0) is 11.2 Å². The van der Waals surface area contributed by atoms with Crippen LogP contribution in [0.3, 0.4) is 0 Å². The van der Waals surface area contributed by atoms with E-state index in [9.17, 15) is 9.59 Å². The molecule has 0 atom stereocenters. The number of benzene rings is 1. The van der Waals surface area contributed by atoms with Gasteiger partial charge in [-0.15, -0.1) is 0 Å². The molecule has 132 valence electrons. The van der Waals surface area contributed by atoms with Gasteiger partial charge in [0.25, 0.3) is 5.91 Å². The number of carbonyl (C=O) groups is 2. The van der Waals surface area contributed by atoms with Crippen LogP contribution in [0.1, 0.15) is 55.5 Å². The Labute approximate surface area is 145 Å². The quantitative estimate of drug-likeness (QED) is 0.870. The Morgan fingerprint density at radius 3 is 2.21 bits per heavy atom. The Morgan fingerprint density at radius 1 is 1.12 bits per heavy atom. The highest BCUT2D eigenvalue weighted by atomic mass is 16.2. The van der Waals surface area contributed by atoms with Crippen LogP contribution >= 0.6 is 0 Å². The molecule has 1 aromatic rings. The van der Waals surface area contributed by atoms with Gasteiger partial charge in [-0.2, -0.15) is 0 Å². The third-order valence-electron chi connectivity index (χ3n) is 4.87. The molecular formula is C20H30N2O2. The van der Waals surface area contributed by atoms with E-state index in [2.05, 4.69) is 19.2 Å². The van der Waals surface area contributed by atoms with Crippen molar-refractivity contribution < 1.29 is 9.59 Å². The van der Waals surface area contributed by atoms with Crippen LogP contribution in [0, 0.1) is 11.3 Å². The van der Waals surface area contributed by atoms with Gasteiger partial charge >= 0.3 is 0 Å². The number of hydrogen-bond donors (Lipinski definition) is 1. The lowest BCUT2D eigenvalue weighted by atomic mass is 9.84. The fraction of sp³-hybridized carbons (Fsp3) is 0.600. The van der Waals surface area contributed by atoms with Crippen molar-refractivity contribution in [3.63, 3.8) is 0 Å². The average molecular weight is 330 g/mol. The molecule has 1 aliphatic rings. The Balaban J connectivity index is 1.99. The van der Waals surface area contributed by atoms with E-state index < -0.39 is 5.41 Å². The third-order valence-corrected chi connectivity index (χ3v) is 4.87. The zero-order chi connectivity index (χ0) is 17.7. The number of amides is 2. The van der Waals surface area contributed by atoms with Crippen LogP contribution in [0.4, 0.5) is 0 Å². The minimum atomic E-state index is -0.420. The molecule has 0 spiro atoms. The van der Waals surface area contributed by atoms with Crippen LogP contribution in [0.15, 0.2) is 24.3 Å². The molecule has 24 heavy (non-hydrogen) atoms. The normalized spacial score (nSPS) is 16.2. The van der Waals surface area contributed by atoms with Gasteiger partial charge in [-0.3, -0.25) is 9.59 Å². The van der Waals surface area contributed by atoms with Crippen molar-refractivity contribution in [3.8, 4) is 0 Å². The lowest BCUT2D eigenvalue weighted by Crippen LogP contribution is -2.46. The van der Waals surface area contributed by atoms with Crippen molar-refractivity contribution in [1.82, 2.24) is 10.2 Å². The Bertz CT molecular complexity index is 570. The molecule has 0 unspecified atom stereocenters. The smallest absolute Gasteiger partial charge is 0.251 e. The summed E-state index contributed by atoms with van der Waals surface area (Å²) in [6.07, 6.45) is 4.84. The van der Waals surface area contributed by atoms with Crippen molar-refractivity contribution in [1.29, 1.82) is 0 Å². The highest BCUT2D eigenvalue weighted by Crippen LogP contribution is 2.38. The summed E-state index contributed by atoms with van der Waals surface area (Å²) in [6.45, 7) is 4.80. The average Bonchev–Trinajstić information content (AvgIpc) is 3.02. The summed E-state index contributed by atoms with van der Waals surface area (Å²) in [5.74, 6) is 0.639. The van der Waals surface area contributed by atoms with Crippen LogP contribution in [0.25, 0.3) is 0 Å². The van der Waals surface area contributed by atoms with Gasteiger partial charge < -0.3 is 10.2 Å². The Morgan fingerprint density at radius 2 is 1.71 bits per heavy atom. The van der Waals surface area contributed by atoms with Crippen LogP contribution < -0.4 is 5.32 Å². The zero-order valence-electron chi connectivity index (χ0n) is 15.4. The largest absolute Gasteiger partial charge is 0.351 e. The first-order valence-corrected chi connectivity index (χ1v) is 8.93. The molecule has 1 aromatic carbocycles. The maximum absolute atomic E-state index is 12.5. The van der Waals surface area contributed by atoms with Crippen molar-refractivity contribution in [3.05, 3.63) is 35.4 Å². The standard InChI is InChI=1S/C20H30N2O2/c1-15(2)13-16-7-9-17(10-8-16)18(23)21-14-20(11-5-6-12-20)19(24)22(3)4/h7-10,15H,5-6,11-14H2,1-4H3,(H,21,23). The Kier molecular flexibility index (Phi) is 6.03. The first-order chi connectivity index (χ1) is 11.3. The molecule has 1 N–H and O–H groups in total. The summed E-state index contributed by atoms with van der Waals surface area (Å²) in [6, 6.07) is 7.79. The molecule has 0 aliphatic heterocycles. The Hall–Kier alpha value is -1.84. The van der Waals surface area contributed by atoms with Gasteiger partial charge in [0.15, 0.2) is 0 Å². The lowest BCUT2D eigenvalue weighted by Gasteiger charge is -2.30. The fourth-order valence-corrected chi connectivity index (χ4v) is 3.61. The van der Waals surface area contributed by atoms with E-state index in [-0.39, 0.29) is 11.8 Å². The summed E-state index contributed by atoms with van der Waals surface area (Å²) >= 11 is 0. The van der Waals surface area contributed by atoms with E-state index in [1.54, 1.807) is 19.0 Å². The van der Waals surface area contributed by atoms with E-state index in [1.807, 2.05) is 24.3 Å². The summed E-state index contributed by atoms with van der Waals surface area (Å²) < 4.78 is 0. The molecule has 0 heterocycles. The van der Waals surface area contributed by atoms with Gasteiger partial charge in [0.1, 0.15) is 0 Å². The first-order valence-electron chi connectivity index (χ1n) is 8.93. The van der Waals surface area contributed by atoms with Gasteiger partial charge in [0.2, 0.25) is 5.91 Å². The molecule has 1 saturated carbocycles. The molecule has 0 aromatic heterocycles. The summed E-state index contributed by atoms with van der Waals surface area (Å²) in [5.41, 5.74) is 1.49. The topological polar surface area (TPSA) is 49.4 Å². The molecule has 0 saturated heterocycles. The van der Waals surface area contributed by atoms with E-state index in [4.69, 9.17) is 0 Å². The second-order valence-corrected chi connectivity index (χ2v) is 7.66. The first kappa shape index (κ1) is 18.5. The molecule has 1 fully saturated rings. The fourth-order valence-electron chi connectivity index (χ4n) is 3.61. The van der Waals surface area contributed by atoms with Gasteiger partial charge in [0.05, 0.1) is 5.41 Å². The molecule has 0 radical (unpaired) electrons. The predicted molar refractivity (Wildman–Crippen MR) is 96.9 cm³/mol. The van der Waals surface area contributed by atoms with Gasteiger partial charge in [-0.25, -0.2) is 0 Å². The molecule has 2 rings (SSSR count). The molecule has 1 aliphatic carbocycles. The maximum Gasteiger partial charge on any atom is 0.251 e. The van der Waals surface area contributed by atoms with E-state index in [0.29, 0.717) is 18.0 Å². The van der Waals surface area contributed by atoms with Gasteiger partial charge in [-0.1, -0.05) is 38.8 Å². The predicted octanol–water partition coefficient (Wildman–Crippen LogP) is 3.26. The highest BCUT2D eigenvalue weighted by molar-refractivity contribution is 5.94. The second kappa shape index (κ2) is 7.82. The molecule has 0 bridgehead atoms. The molecule has 2 amide bonds. The minimum Gasteiger partial charge on any atom is -0.351 e. The monoisotopic (exact) mass is 330 g/mol. The summed E-state index contributed by atoms with van der Waals surface area (Å²) in [5, 5.41) is 2.99. The van der Waals surface area contributed by atoms with Crippen LogP contribution in [-0.4, -0.2) is 37.4 Å². The molecule has 4 nitrogen and oxygen atoms in total. The number of carbonyl (C=O) groups excluding carboxylic acids is 2. The maximum atomic E-state index is 12.5. The van der Waals surface area contributed by atoms with Crippen molar-refractivity contribution >= 4 is 11.8 Å². The number of nitrogens with one attached hydrogen (secondary N) is 1. The van der Waals surface area contributed by atoms with Crippen LogP contribution in [0.5, 0.6) is 0 Å².